The molecule has 1 aromatic carbocycles. The van der Waals surface area contributed by atoms with Crippen LogP contribution in [-0.4, -0.2) is 17.6 Å². The van der Waals surface area contributed by atoms with Crippen molar-refractivity contribution >= 4 is 5.97 Å². The molecule has 0 amide bonds. The molecule has 0 fully saturated rings. The summed E-state index contributed by atoms with van der Waals surface area (Å²) < 4.78 is 5.26. The number of fused-ring (bicyclic) bond motifs is 1. The van der Waals surface area contributed by atoms with Crippen LogP contribution in [-0.2, 0) is 4.74 Å². The molecule has 112 valence electrons. The Balaban J connectivity index is 1.91. The van der Waals surface area contributed by atoms with Crippen molar-refractivity contribution in [3.05, 3.63) is 59.3 Å². The van der Waals surface area contributed by atoms with Crippen molar-refractivity contribution < 1.29 is 9.53 Å². The van der Waals surface area contributed by atoms with E-state index in [9.17, 15) is 4.79 Å². The SMILES string of the molecule is CCOC(=O)c1[nH]c(-c2ccccc2)c2c1C1C=CC2CC1. The number of nitrogens with one attached hydrogen (secondary N) is 1. The van der Waals surface area contributed by atoms with Crippen molar-refractivity contribution in [1.82, 2.24) is 4.98 Å². The molecule has 0 saturated carbocycles. The number of hydrogen-bond donors (Lipinski definition) is 1. The molecule has 3 heteroatoms. The molecule has 2 aromatic rings. The molecule has 0 radical (unpaired) electrons. The molecule has 1 heterocycles. The zero-order valence-corrected chi connectivity index (χ0v) is 12.6. The van der Waals surface area contributed by atoms with Crippen LogP contribution in [0.4, 0.5) is 0 Å². The molecular weight excluding hydrogens is 274 g/mol. The van der Waals surface area contributed by atoms with Gasteiger partial charge in [0.05, 0.1) is 12.3 Å². The van der Waals surface area contributed by atoms with Crippen LogP contribution in [0.3, 0.4) is 0 Å². The van der Waals surface area contributed by atoms with Gasteiger partial charge in [-0.05, 0) is 36.5 Å². The normalized spacial score (nSPS) is 21.7. The molecule has 2 atom stereocenters. The Morgan fingerprint density at radius 2 is 1.82 bits per heavy atom. The fourth-order valence-corrected chi connectivity index (χ4v) is 3.80. The topological polar surface area (TPSA) is 42.1 Å². The third kappa shape index (κ3) is 1.92. The highest BCUT2D eigenvalue weighted by molar-refractivity contribution is 5.93. The number of aromatic nitrogens is 1. The molecule has 1 N–H and O–H groups in total. The lowest BCUT2D eigenvalue weighted by atomic mass is 9.71. The van der Waals surface area contributed by atoms with Crippen LogP contribution in [0.25, 0.3) is 11.3 Å². The minimum Gasteiger partial charge on any atom is -0.461 e. The number of carbonyl (C=O) groups excluding carboxylic acids is 1. The molecule has 1 aromatic heterocycles. The van der Waals surface area contributed by atoms with Crippen LogP contribution in [0.15, 0.2) is 42.5 Å². The second kappa shape index (κ2) is 5.16. The lowest BCUT2D eigenvalue weighted by Gasteiger charge is -2.32. The van der Waals surface area contributed by atoms with Gasteiger partial charge in [0.1, 0.15) is 5.69 Å². The molecule has 3 aliphatic rings. The van der Waals surface area contributed by atoms with Gasteiger partial charge in [-0.15, -0.1) is 0 Å². The van der Waals surface area contributed by atoms with Crippen molar-refractivity contribution in [2.24, 2.45) is 0 Å². The van der Waals surface area contributed by atoms with Crippen LogP contribution in [0.1, 0.15) is 53.2 Å². The Morgan fingerprint density at radius 1 is 1.14 bits per heavy atom. The zero-order valence-electron chi connectivity index (χ0n) is 12.6. The van der Waals surface area contributed by atoms with E-state index in [-0.39, 0.29) is 5.97 Å². The van der Waals surface area contributed by atoms with E-state index in [0.29, 0.717) is 24.1 Å². The number of allylic oxidation sites excluding steroid dienone is 2. The fourth-order valence-electron chi connectivity index (χ4n) is 3.80. The van der Waals surface area contributed by atoms with Crippen LogP contribution in [0, 0.1) is 0 Å². The summed E-state index contributed by atoms with van der Waals surface area (Å²) in [6.45, 7) is 2.24. The van der Waals surface area contributed by atoms with Crippen LogP contribution >= 0.6 is 0 Å². The van der Waals surface area contributed by atoms with Gasteiger partial charge < -0.3 is 9.72 Å². The summed E-state index contributed by atoms with van der Waals surface area (Å²) in [5, 5.41) is 0. The second-order valence-corrected chi connectivity index (χ2v) is 5.96. The van der Waals surface area contributed by atoms with E-state index in [2.05, 4.69) is 29.3 Å². The predicted molar refractivity (Wildman–Crippen MR) is 86.0 cm³/mol. The molecule has 0 saturated heterocycles. The summed E-state index contributed by atoms with van der Waals surface area (Å²) in [4.78, 5) is 15.7. The summed E-state index contributed by atoms with van der Waals surface area (Å²) in [6, 6.07) is 10.3. The van der Waals surface area contributed by atoms with Crippen molar-refractivity contribution in [2.45, 2.75) is 31.6 Å². The van der Waals surface area contributed by atoms with Gasteiger partial charge in [0.15, 0.2) is 0 Å². The summed E-state index contributed by atoms with van der Waals surface area (Å²) >= 11 is 0. The third-order valence-electron chi connectivity index (χ3n) is 4.73. The number of rotatable bonds is 3. The molecule has 0 aliphatic heterocycles. The first-order valence-electron chi connectivity index (χ1n) is 7.96. The Kier molecular flexibility index (Phi) is 3.14. The van der Waals surface area contributed by atoms with E-state index in [1.807, 2.05) is 25.1 Å². The largest absolute Gasteiger partial charge is 0.461 e. The Morgan fingerprint density at radius 3 is 2.45 bits per heavy atom. The van der Waals surface area contributed by atoms with Crippen LogP contribution in [0.2, 0.25) is 0 Å². The summed E-state index contributed by atoms with van der Waals surface area (Å²) in [6.07, 6.45) is 6.83. The quantitative estimate of drug-likeness (QED) is 0.673. The average molecular weight is 293 g/mol. The van der Waals surface area contributed by atoms with Crippen LogP contribution < -0.4 is 0 Å². The lowest BCUT2D eigenvalue weighted by molar-refractivity contribution is 0.0518. The highest BCUT2D eigenvalue weighted by Crippen LogP contribution is 2.50. The number of hydrogen-bond acceptors (Lipinski definition) is 2. The Labute approximate surface area is 130 Å². The van der Waals surface area contributed by atoms with E-state index in [1.54, 1.807) is 0 Å². The highest BCUT2D eigenvalue weighted by Gasteiger charge is 2.37. The van der Waals surface area contributed by atoms with E-state index in [1.165, 1.54) is 5.56 Å². The van der Waals surface area contributed by atoms with Crippen LogP contribution in [0.5, 0.6) is 0 Å². The number of benzene rings is 1. The predicted octanol–water partition coefficient (Wildman–Crippen LogP) is 4.39. The maximum atomic E-state index is 12.4. The van der Waals surface area contributed by atoms with E-state index in [4.69, 9.17) is 4.74 Å². The molecule has 3 nitrogen and oxygen atoms in total. The Hall–Kier alpha value is -2.29. The van der Waals surface area contributed by atoms with E-state index >= 15 is 0 Å². The maximum absolute atomic E-state index is 12.4. The second-order valence-electron chi connectivity index (χ2n) is 5.96. The van der Waals surface area contributed by atoms with Crippen molar-refractivity contribution in [3.63, 3.8) is 0 Å². The zero-order chi connectivity index (χ0) is 15.1. The van der Waals surface area contributed by atoms with Gasteiger partial charge in [0, 0.05) is 11.8 Å². The van der Waals surface area contributed by atoms with Gasteiger partial charge in [0.2, 0.25) is 0 Å². The molecule has 5 rings (SSSR count). The maximum Gasteiger partial charge on any atom is 0.355 e. The standard InChI is InChI=1S/C19H19NO2/c1-2-22-19(21)18-16-13-10-8-12(9-11-13)15(16)17(20-18)14-6-4-3-5-7-14/h3-8,10,12-13,20H,2,9,11H2,1H3. The first kappa shape index (κ1) is 13.4. The minimum absolute atomic E-state index is 0.234. The minimum atomic E-state index is -0.234. The van der Waals surface area contributed by atoms with Crippen molar-refractivity contribution in [3.8, 4) is 11.3 Å². The number of aromatic amines is 1. The van der Waals surface area contributed by atoms with Crippen molar-refractivity contribution in [1.29, 1.82) is 0 Å². The fraction of sp³-hybridized carbons (Fsp3) is 0.316. The molecule has 0 spiro atoms. The first-order valence-corrected chi connectivity index (χ1v) is 7.96. The number of carbonyl (C=O) groups is 1. The molecular formula is C19H19NO2. The average Bonchev–Trinajstić information content (AvgIpc) is 3.00. The van der Waals surface area contributed by atoms with Gasteiger partial charge in [0.25, 0.3) is 0 Å². The smallest absolute Gasteiger partial charge is 0.355 e. The van der Waals surface area contributed by atoms with Gasteiger partial charge in [-0.2, -0.15) is 0 Å². The number of esters is 1. The number of ether oxygens (including phenoxy) is 1. The van der Waals surface area contributed by atoms with Gasteiger partial charge in [-0.1, -0.05) is 42.5 Å². The molecule has 2 bridgehead atoms. The van der Waals surface area contributed by atoms with E-state index < -0.39 is 0 Å². The van der Waals surface area contributed by atoms with Gasteiger partial charge in [-0.25, -0.2) is 4.79 Å². The highest BCUT2D eigenvalue weighted by atomic mass is 16.5. The first-order chi connectivity index (χ1) is 10.8. The summed E-state index contributed by atoms with van der Waals surface area (Å²) in [5.74, 6) is 0.518. The number of H-pyrrole nitrogens is 1. The van der Waals surface area contributed by atoms with E-state index in [0.717, 1.165) is 29.7 Å². The van der Waals surface area contributed by atoms with Gasteiger partial charge in [-0.3, -0.25) is 0 Å². The van der Waals surface area contributed by atoms with Gasteiger partial charge >= 0.3 is 5.97 Å². The Bertz CT molecular complexity index is 742. The molecule has 3 aliphatic carbocycles. The third-order valence-corrected chi connectivity index (χ3v) is 4.73. The summed E-state index contributed by atoms with van der Waals surface area (Å²) in [7, 11) is 0. The summed E-state index contributed by atoms with van der Waals surface area (Å²) in [5.41, 5.74) is 5.33. The monoisotopic (exact) mass is 293 g/mol. The molecule has 2 unspecified atom stereocenters. The lowest BCUT2D eigenvalue weighted by Crippen LogP contribution is -2.19. The van der Waals surface area contributed by atoms with Crippen molar-refractivity contribution in [2.75, 3.05) is 6.61 Å². The molecule has 22 heavy (non-hydrogen) atoms.